The molecule has 2 aromatic carbocycles. The Morgan fingerprint density at radius 3 is 2.57 bits per heavy atom. The van der Waals surface area contributed by atoms with Crippen molar-refractivity contribution in [2.24, 2.45) is 0 Å². The molecule has 7 heteroatoms. The summed E-state index contributed by atoms with van der Waals surface area (Å²) in [5, 5.41) is 0. The third kappa shape index (κ3) is 3.52. The van der Waals surface area contributed by atoms with Crippen molar-refractivity contribution in [2.75, 3.05) is 30.1 Å². The summed E-state index contributed by atoms with van der Waals surface area (Å²) in [6, 6.07) is 14.7. The summed E-state index contributed by atoms with van der Waals surface area (Å²) in [4.78, 5) is 16.8. The molecule has 2 aliphatic rings. The van der Waals surface area contributed by atoms with E-state index in [0.717, 1.165) is 22.6 Å². The lowest BCUT2D eigenvalue weighted by molar-refractivity contribution is -0.123. The Morgan fingerprint density at radius 2 is 1.82 bits per heavy atom. The molecule has 2 aromatic rings. The van der Waals surface area contributed by atoms with Crippen LogP contribution in [0.3, 0.4) is 0 Å². The van der Waals surface area contributed by atoms with Crippen LogP contribution in [0.15, 0.2) is 48.5 Å². The van der Waals surface area contributed by atoms with Crippen LogP contribution in [-0.4, -0.2) is 56.5 Å². The van der Waals surface area contributed by atoms with Gasteiger partial charge in [-0.1, -0.05) is 30.3 Å². The molecular formula is C21H24N2O4S. The van der Waals surface area contributed by atoms with Crippen LogP contribution in [0, 0.1) is 6.92 Å². The molecule has 6 nitrogen and oxygen atoms in total. The zero-order valence-electron chi connectivity index (χ0n) is 16.0. The summed E-state index contributed by atoms with van der Waals surface area (Å²) in [6.07, 6.45) is 0. The quantitative estimate of drug-likeness (QED) is 0.786. The number of hydrogen-bond donors (Lipinski definition) is 0. The van der Waals surface area contributed by atoms with Gasteiger partial charge in [0, 0.05) is 23.8 Å². The van der Waals surface area contributed by atoms with Gasteiger partial charge in [-0.2, -0.15) is 0 Å². The maximum Gasteiger partial charge on any atom is 0.241 e. The lowest BCUT2D eigenvalue weighted by Crippen LogP contribution is -2.61. The number of piperazine rings is 1. The second kappa shape index (κ2) is 7.22. The van der Waals surface area contributed by atoms with Crippen LogP contribution in [-0.2, 0) is 21.2 Å². The Bertz CT molecular complexity index is 1000. The number of fused-ring (bicyclic) bond motifs is 1. The molecule has 0 aliphatic carbocycles. The van der Waals surface area contributed by atoms with Crippen molar-refractivity contribution < 1.29 is 17.9 Å². The number of carbonyl (C=O) groups excluding carboxylic acids is 1. The average Bonchev–Trinajstić information content (AvgIpc) is 2.97. The molecule has 0 unspecified atom stereocenters. The van der Waals surface area contributed by atoms with E-state index in [-0.39, 0.29) is 36.0 Å². The lowest BCUT2D eigenvalue weighted by Gasteiger charge is -2.43. The molecule has 4 rings (SSSR count). The Hall–Kier alpha value is -2.38. The summed E-state index contributed by atoms with van der Waals surface area (Å²) in [6.45, 7) is 2.63. The maximum atomic E-state index is 13.1. The molecule has 2 atom stereocenters. The average molecular weight is 401 g/mol. The van der Waals surface area contributed by atoms with Crippen molar-refractivity contribution in [1.82, 2.24) is 4.90 Å². The van der Waals surface area contributed by atoms with Crippen molar-refractivity contribution in [2.45, 2.75) is 25.6 Å². The summed E-state index contributed by atoms with van der Waals surface area (Å²) in [5.74, 6) is 0.745. The van der Waals surface area contributed by atoms with Gasteiger partial charge in [0.2, 0.25) is 5.91 Å². The van der Waals surface area contributed by atoms with E-state index in [0.29, 0.717) is 6.54 Å². The van der Waals surface area contributed by atoms with E-state index in [1.165, 1.54) is 0 Å². The number of rotatable bonds is 4. The van der Waals surface area contributed by atoms with Gasteiger partial charge in [-0.15, -0.1) is 0 Å². The molecule has 0 spiro atoms. The van der Waals surface area contributed by atoms with Crippen LogP contribution in [0.1, 0.15) is 11.1 Å². The van der Waals surface area contributed by atoms with E-state index < -0.39 is 9.84 Å². The second-order valence-electron chi connectivity index (χ2n) is 7.53. The van der Waals surface area contributed by atoms with Gasteiger partial charge in [0.15, 0.2) is 9.84 Å². The van der Waals surface area contributed by atoms with Crippen LogP contribution in [0.5, 0.6) is 5.75 Å². The van der Waals surface area contributed by atoms with E-state index in [1.807, 2.05) is 60.4 Å². The number of methoxy groups -OCH3 is 1. The van der Waals surface area contributed by atoms with Crippen molar-refractivity contribution in [1.29, 1.82) is 0 Å². The number of anilines is 1. The van der Waals surface area contributed by atoms with Gasteiger partial charge in [0.05, 0.1) is 31.2 Å². The van der Waals surface area contributed by atoms with Crippen LogP contribution in [0.25, 0.3) is 0 Å². The number of carbonyl (C=O) groups is 1. The molecule has 0 radical (unpaired) electrons. The van der Waals surface area contributed by atoms with Gasteiger partial charge >= 0.3 is 0 Å². The molecule has 2 fully saturated rings. The van der Waals surface area contributed by atoms with Gasteiger partial charge in [-0.05, 0) is 30.7 Å². The number of hydrogen-bond acceptors (Lipinski definition) is 5. The first-order chi connectivity index (χ1) is 13.4. The third-order valence-electron chi connectivity index (χ3n) is 5.55. The summed E-state index contributed by atoms with van der Waals surface area (Å²) >= 11 is 0. The summed E-state index contributed by atoms with van der Waals surface area (Å²) < 4.78 is 30.4. The molecular weight excluding hydrogens is 376 g/mol. The van der Waals surface area contributed by atoms with Gasteiger partial charge in [-0.3, -0.25) is 9.69 Å². The first-order valence-electron chi connectivity index (χ1n) is 9.33. The Labute approximate surface area is 165 Å². The zero-order valence-corrected chi connectivity index (χ0v) is 16.9. The topological polar surface area (TPSA) is 66.9 Å². The normalized spacial score (nSPS) is 24.2. The van der Waals surface area contributed by atoms with Gasteiger partial charge in [0.1, 0.15) is 5.75 Å². The van der Waals surface area contributed by atoms with Crippen LogP contribution in [0.4, 0.5) is 5.69 Å². The fourth-order valence-electron chi connectivity index (χ4n) is 4.30. The number of para-hydroxylation sites is 1. The van der Waals surface area contributed by atoms with E-state index >= 15 is 0 Å². The first-order valence-corrected chi connectivity index (χ1v) is 11.2. The molecule has 0 saturated carbocycles. The largest absolute Gasteiger partial charge is 0.496 e. The lowest BCUT2D eigenvalue weighted by atomic mass is 10.0. The minimum Gasteiger partial charge on any atom is -0.496 e. The van der Waals surface area contributed by atoms with Crippen molar-refractivity contribution in [3.8, 4) is 5.75 Å². The van der Waals surface area contributed by atoms with Crippen molar-refractivity contribution in [3.63, 3.8) is 0 Å². The van der Waals surface area contributed by atoms with E-state index in [9.17, 15) is 13.2 Å². The number of ether oxygens (including phenoxy) is 1. The number of amides is 1. The molecule has 0 bridgehead atoms. The first kappa shape index (κ1) is 19.0. The highest BCUT2D eigenvalue weighted by molar-refractivity contribution is 7.91. The molecule has 28 heavy (non-hydrogen) atoms. The van der Waals surface area contributed by atoms with Gasteiger partial charge < -0.3 is 9.64 Å². The fraction of sp³-hybridized carbons (Fsp3) is 0.381. The summed E-state index contributed by atoms with van der Waals surface area (Å²) in [5.41, 5.74) is 2.76. The SMILES string of the molecule is COc1ccccc1CN1CC(=O)N(c2cccc(C)c2)[C@@H]2CS(=O)(=O)C[C@@H]21. The Balaban J connectivity index is 1.68. The third-order valence-corrected chi connectivity index (χ3v) is 7.25. The van der Waals surface area contributed by atoms with Gasteiger partial charge in [-0.25, -0.2) is 8.42 Å². The zero-order chi connectivity index (χ0) is 19.9. The number of benzene rings is 2. The van der Waals surface area contributed by atoms with Crippen molar-refractivity contribution >= 4 is 21.4 Å². The molecule has 1 amide bonds. The highest BCUT2D eigenvalue weighted by Crippen LogP contribution is 2.33. The highest BCUT2D eigenvalue weighted by Gasteiger charge is 2.49. The molecule has 2 aliphatic heterocycles. The molecule has 148 valence electrons. The Morgan fingerprint density at radius 1 is 1.07 bits per heavy atom. The van der Waals surface area contributed by atoms with Crippen LogP contribution < -0.4 is 9.64 Å². The van der Waals surface area contributed by atoms with E-state index in [1.54, 1.807) is 12.0 Å². The highest BCUT2D eigenvalue weighted by atomic mass is 32.2. The molecule has 2 heterocycles. The molecule has 0 N–H and O–H groups in total. The number of aryl methyl sites for hydroxylation is 1. The minimum atomic E-state index is -3.21. The predicted octanol–water partition coefficient (Wildman–Crippen LogP) is 2.02. The molecule has 2 saturated heterocycles. The van der Waals surface area contributed by atoms with Crippen LogP contribution >= 0.6 is 0 Å². The smallest absolute Gasteiger partial charge is 0.241 e. The minimum absolute atomic E-state index is 0.000225. The maximum absolute atomic E-state index is 13.1. The van der Waals surface area contributed by atoms with Crippen LogP contribution in [0.2, 0.25) is 0 Å². The predicted molar refractivity (Wildman–Crippen MR) is 108 cm³/mol. The van der Waals surface area contributed by atoms with E-state index in [4.69, 9.17) is 4.74 Å². The number of nitrogens with zero attached hydrogens (tertiary/aromatic N) is 2. The molecule has 0 aromatic heterocycles. The summed E-state index contributed by atoms with van der Waals surface area (Å²) in [7, 11) is -1.60. The fourth-order valence-corrected chi connectivity index (χ4v) is 6.28. The Kier molecular flexibility index (Phi) is 4.89. The van der Waals surface area contributed by atoms with Gasteiger partial charge in [0.25, 0.3) is 0 Å². The van der Waals surface area contributed by atoms with Crippen molar-refractivity contribution in [3.05, 3.63) is 59.7 Å². The number of sulfone groups is 1. The second-order valence-corrected chi connectivity index (χ2v) is 9.68. The monoisotopic (exact) mass is 400 g/mol. The standard InChI is InChI=1S/C21H24N2O4S/c1-15-6-5-8-17(10-15)23-19-14-28(25,26)13-18(19)22(12-21(23)24)11-16-7-3-4-9-20(16)27-2/h3-10,18-19H,11-14H2,1-2H3/t18-,19+/m0/s1. The van der Waals surface area contributed by atoms with E-state index in [2.05, 4.69) is 0 Å².